The normalized spacial score (nSPS) is 16.9. The van der Waals surface area contributed by atoms with Crippen molar-refractivity contribution in [2.24, 2.45) is 5.92 Å². The zero-order valence-corrected chi connectivity index (χ0v) is 15.8. The third-order valence-corrected chi connectivity index (χ3v) is 5.41. The molecule has 26 heavy (non-hydrogen) atoms. The molecule has 3 rings (SSSR count). The minimum Gasteiger partial charge on any atom is -0.355 e. The number of benzene rings is 1. The van der Waals surface area contributed by atoms with E-state index in [9.17, 15) is 9.59 Å². The highest BCUT2D eigenvalue weighted by Gasteiger charge is 2.37. The summed E-state index contributed by atoms with van der Waals surface area (Å²) in [5, 5.41) is 11.9. The van der Waals surface area contributed by atoms with Crippen LogP contribution in [0, 0.1) is 12.8 Å². The van der Waals surface area contributed by atoms with E-state index in [1.54, 1.807) is 16.7 Å². The predicted molar refractivity (Wildman–Crippen MR) is 101 cm³/mol. The van der Waals surface area contributed by atoms with Gasteiger partial charge in [-0.25, -0.2) is 0 Å². The van der Waals surface area contributed by atoms with Crippen molar-refractivity contribution in [1.29, 1.82) is 0 Å². The summed E-state index contributed by atoms with van der Waals surface area (Å²) in [6.45, 7) is 5.86. The molecule has 0 bridgehead atoms. The Morgan fingerprint density at radius 1 is 1.31 bits per heavy atom. The molecule has 0 radical (unpaired) electrons. The van der Waals surface area contributed by atoms with Crippen LogP contribution in [-0.4, -0.2) is 45.4 Å². The molecule has 1 aromatic heterocycles. The Hall–Kier alpha value is -2.35. The van der Waals surface area contributed by atoms with E-state index in [2.05, 4.69) is 15.5 Å². The van der Waals surface area contributed by atoms with E-state index in [0.717, 1.165) is 23.2 Å². The standard InChI is InChI=1S/C18H23N5O2S/c1-3-22-13(2)20-21-18(22)26-12-10-19-16(24)15-9-11-23(17(15)25)14-7-5-4-6-8-14/h4-8,15H,3,9-12H2,1-2H3,(H,19,24)/t15-/m0/s1. The first-order valence-electron chi connectivity index (χ1n) is 8.78. The summed E-state index contributed by atoms with van der Waals surface area (Å²) < 4.78 is 2.03. The quantitative estimate of drug-likeness (QED) is 0.455. The van der Waals surface area contributed by atoms with Crippen molar-refractivity contribution < 1.29 is 9.59 Å². The van der Waals surface area contributed by atoms with Crippen LogP contribution < -0.4 is 10.2 Å². The highest BCUT2D eigenvalue weighted by Crippen LogP contribution is 2.25. The van der Waals surface area contributed by atoms with Gasteiger partial charge in [-0.05, 0) is 32.4 Å². The zero-order chi connectivity index (χ0) is 18.5. The third kappa shape index (κ3) is 3.90. The number of aryl methyl sites for hydroxylation is 1. The number of aromatic nitrogens is 3. The molecule has 1 saturated heterocycles. The molecule has 1 N–H and O–H groups in total. The van der Waals surface area contributed by atoms with Crippen molar-refractivity contribution in [3.05, 3.63) is 36.2 Å². The second kappa shape index (κ2) is 8.35. The maximum atomic E-state index is 12.5. The second-order valence-corrected chi connectivity index (χ2v) is 7.14. The van der Waals surface area contributed by atoms with E-state index < -0.39 is 5.92 Å². The van der Waals surface area contributed by atoms with Gasteiger partial charge < -0.3 is 14.8 Å². The van der Waals surface area contributed by atoms with Crippen LogP contribution in [0.15, 0.2) is 35.5 Å². The van der Waals surface area contributed by atoms with E-state index in [4.69, 9.17) is 0 Å². The summed E-state index contributed by atoms with van der Waals surface area (Å²) >= 11 is 1.55. The zero-order valence-electron chi connectivity index (χ0n) is 15.0. The number of para-hydroxylation sites is 1. The summed E-state index contributed by atoms with van der Waals surface area (Å²) in [5.74, 6) is 0.663. The average molecular weight is 373 g/mol. The Morgan fingerprint density at radius 3 is 2.81 bits per heavy atom. The fourth-order valence-electron chi connectivity index (χ4n) is 3.06. The van der Waals surface area contributed by atoms with Gasteiger partial charge in [0.15, 0.2) is 5.16 Å². The van der Waals surface area contributed by atoms with Crippen LogP contribution in [0.4, 0.5) is 5.69 Å². The summed E-state index contributed by atoms with van der Waals surface area (Å²) in [7, 11) is 0. The van der Waals surface area contributed by atoms with Crippen LogP contribution in [0.2, 0.25) is 0 Å². The van der Waals surface area contributed by atoms with Gasteiger partial charge in [0.25, 0.3) is 0 Å². The first-order chi connectivity index (χ1) is 12.6. The molecule has 138 valence electrons. The molecular formula is C18H23N5O2S. The molecule has 1 aromatic carbocycles. The molecule has 0 spiro atoms. The van der Waals surface area contributed by atoms with Gasteiger partial charge in [-0.2, -0.15) is 0 Å². The number of rotatable bonds is 7. The van der Waals surface area contributed by atoms with Crippen molar-refractivity contribution in [1.82, 2.24) is 20.1 Å². The summed E-state index contributed by atoms with van der Waals surface area (Å²) in [4.78, 5) is 26.6. The fraction of sp³-hybridized carbons (Fsp3) is 0.444. The van der Waals surface area contributed by atoms with E-state index in [0.29, 0.717) is 25.3 Å². The number of anilines is 1. The van der Waals surface area contributed by atoms with Crippen LogP contribution in [0.25, 0.3) is 0 Å². The number of carbonyl (C=O) groups is 2. The van der Waals surface area contributed by atoms with Crippen molar-refractivity contribution in [3.8, 4) is 0 Å². The molecule has 1 aliphatic heterocycles. The Balaban J connectivity index is 1.47. The Labute approximate surface area is 157 Å². The predicted octanol–water partition coefficient (Wildman–Crippen LogP) is 1.87. The Morgan fingerprint density at radius 2 is 2.08 bits per heavy atom. The molecular weight excluding hydrogens is 350 g/mol. The third-order valence-electron chi connectivity index (χ3n) is 4.44. The SMILES string of the molecule is CCn1c(C)nnc1SCCNC(=O)[C@@H]1CCN(c2ccccc2)C1=O. The average Bonchev–Trinajstić information content (AvgIpc) is 3.21. The van der Waals surface area contributed by atoms with Gasteiger partial charge in [0.05, 0.1) is 0 Å². The largest absolute Gasteiger partial charge is 0.355 e. The van der Waals surface area contributed by atoms with E-state index in [1.807, 2.05) is 48.7 Å². The Kier molecular flexibility index (Phi) is 5.92. The summed E-state index contributed by atoms with van der Waals surface area (Å²) in [6, 6.07) is 9.47. The van der Waals surface area contributed by atoms with Crippen LogP contribution in [0.1, 0.15) is 19.2 Å². The van der Waals surface area contributed by atoms with Gasteiger partial charge in [-0.3, -0.25) is 9.59 Å². The van der Waals surface area contributed by atoms with Crippen molar-refractivity contribution in [2.75, 3.05) is 23.7 Å². The van der Waals surface area contributed by atoms with Crippen LogP contribution in [-0.2, 0) is 16.1 Å². The number of thioether (sulfide) groups is 1. The van der Waals surface area contributed by atoms with Crippen LogP contribution in [0.5, 0.6) is 0 Å². The summed E-state index contributed by atoms with van der Waals surface area (Å²) in [5.41, 5.74) is 0.845. The number of amides is 2. The molecule has 2 amide bonds. The lowest BCUT2D eigenvalue weighted by Crippen LogP contribution is -2.37. The van der Waals surface area contributed by atoms with Gasteiger partial charge in [0.2, 0.25) is 11.8 Å². The second-order valence-electron chi connectivity index (χ2n) is 6.08. The van der Waals surface area contributed by atoms with Crippen LogP contribution >= 0.6 is 11.8 Å². The first-order valence-corrected chi connectivity index (χ1v) is 9.77. The molecule has 1 atom stereocenters. The maximum absolute atomic E-state index is 12.5. The highest BCUT2D eigenvalue weighted by molar-refractivity contribution is 7.99. The molecule has 7 nitrogen and oxygen atoms in total. The molecule has 1 aliphatic rings. The minimum absolute atomic E-state index is 0.122. The monoisotopic (exact) mass is 373 g/mol. The highest BCUT2D eigenvalue weighted by atomic mass is 32.2. The molecule has 8 heteroatoms. The Bertz CT molecular complexity index is 777. The van der Waals surface area contributed by atoms with Gasteiger partial charge in [0.1, 0.15) is 11.7 Å². The van der Waals surface area contributed by atoms with Gasteiger partial charge in [-0.15, -0.1) is 10.2 Å². The van der Waals surface area contributed by atoms with Crippen molar-refractivity contribution >= 4 is 29.3 Å². The number of hydrogen-bond acceptors (Lipinski definition) is 5. The first kappa shape index (κ1) is 18.4. The van der Waals surface area contributed by atoms with Crippen molar-refractivity contribution in [2.45, 2.75) is 32.0 Å². The smallest absolute Gasteiger partial charge is 0.239 e. The maximum Gasteiger partial charge on any atom is 0.239 e. The molecule has 2 aromatic rings. The van der Waals surface area contributed by atoms with Crippen molar-refractivity contribution in [3.63, 3.8) is 0 Å². The topological polar surface area (TPSA) is 80.1 Å². The number of nitrogens with one attached hydrogen (secondary N) is 1. The van der Waals surface area contributed by atoms with Gasteiger partial charge in [-0.1, -0.05) is 30.0 Å². The van der Waals surface area contributed by atoms with E-state index in [-0.39, 0.29) is 11.8 Å². The molecule has 1 fully saturated rings. The lowest BCUT2D eigenvalue weighted by molar-refractivity contribution is -0.132. The number of carbonyl (C=O) groups excluding carboxylic acids is 2. The van der Waals surface area contributed by atoms with Crippen LogP contribution in [0.3, 0.4) is 0 Å². The molecule has 0 saturated carbocycles. The number of nitrogens with zero attached hydrogens (tertiary/aromatic N) is 4. The van der Waals surface area contributed by atoms with Gasteiger partial charge >= 0.3 is 0 Å². The molecule has 0 unspecified atom stereocenters. The lowest BCUT2D eigenvalue weighted by atomic mass is 10.1. The molecule has 0 aliphatic carbocycles. The van der Waals surface area contributed by atoms with E-state index >= 15 is 0 Å². The summed E-state index contributed by atoms with van der Waals surface area (Å²) in [6.07, 6.45) is 0.552. The van der Waals surface area contributed by atoms with E-state index in [1.165, 1.54) is 0 Å². The minimum atomic E-state index is -0.596. The van der Waals surface area contributed by atoms with Gasteiger partial charge in [0, 0.05) is 31.1 Å². The fourth-order valence-corrected chi connectivity index (χ4v) is 3.96. The lowest BCUT2D eigenvalue weighted by Gasteiger charge is -2.16. The number of hydrogen-bond donors (Lipinski definition) is 1. The molecule has 2 heterocycles.